The Kier molecular flexibility index (Phi) is 9.14. The van der Waals surface area contributed by atoms with Gasteiger partial charge in [0.1, 0.15) is 5.75 Å². The second-order valence-electron chi connectivity index (χ2n) is 9.16. The summed E-state index contributed by atoms with van der Waals surface area (Å²) in [5.74, 6) is 0.529. The summed E-state index contributed by atoms with van der Waals surface area (Å²) in [5, 5.41) is 4.49. The van der Waals surface area contributed by atoms with Crippen molar-refractivity contribution in [1.82, 2.24) is 9.78 Å². The van der Waals surface area contributed by atoms with Crippen LogP contribution in [-0.2, 0) is 11.8 Å². The maximum Gasteiger partial charge on any atom is 0.284 e. The number of unbranched alkanes of at least 4 members (excludes halogenated alkanes) is 5. The lowest BCUT2D eigenvalue weighted by Crippen LogP contribution is -2.22. The number of hydrogen-bond donors (Lipinski definition) is 0. The molecular formula is C25H37BrN2O2. The molecule has 1 aromatic heterocycles. The fourth-order valence-electron chi connectivity index (χ4n) is 3.65. The molecule has 1 aromatic carbocycles. The average Bonchev–Trinajstić information content (AvgIpc) is 2.96. The van der Waals surface area contributed by atoms with Crippen molar-refractivity contribution in [2.45, 2.75) is 91.9 Å². The second kappa shape index (κ2) is 11.1. The fourth-order valence-corrected chi connectivity index (χ4v) is 4.14. The largest absolute Gasteiger partial charge is 0.483 e. The summed E-state index contributed by atoms with van der Waals surface area (Å²) in [4.78, 5) is 12.8. The zero-order chi connectivity index (χ0) is 22.3. The van der Waals surface area contributed by atoms with E-state index in [1.165, 1.54) is 47.9 Å². The minimum Gasteiger partial charge on any atom is -0.483 e. The zero-order valence-corrected chi connectivity index (χ0v) is 21.1. The van der Waals surface area contributed by atoms with Gasteiger partial charge in [-0.3, -0.25) is 4.79 Å². The van der Waals surface area contributed by atoms with Crippen molar-refractivity contribution in [1.29, 1.82) is 0 Å². The molecule has 0 unspecified atom stereocenters. The Morgan fingerprint density at radius 3 is 2.40 bits per heavy atom. The van der Waals surface area contributed by atoms with Gasteiger partial charge in [-0.05, 0) is 71.3 Å². The monoisotopic (exact) mass is 476 g/mol. The first-order chi connectivity index (χ1) is 14.1. The molecule has 0 bridgehead atoms. The topological polar surface area (TPSA) is 44.1 Å². The van der Waals surface area contributed by atoms with E-state index in [9.17, 15) is 4.79 Å². The SMILES string of the molecule is CCCCCCCCc1c(C)nn(C(=O)COc2ccc(C(C)(C)C)cc2Br)c1C. The highest BCUT2D eigenvalue weighted by molar-refractivity contribution is 9.10. The van der Waals surface area contributed by atoms with Gasteiger partial charge in [0.15, 0.2) is 6.61 Å². The Bertz CT molecular complexity index is 850. The molecule has 0 atom stereocenters. The molecule has 166 valence electrons. The van der Waals surface area contributed by atoms with Crippen LogP contribution < -0.4 is 4.74 Å². The molecule has 0 amide bonds. The quantitative estimate of drug-likeness (QED) is 0.341. The summed E-state index contributed by atoms with van der Waals surface area (Å²) in [6.45, 7) is 12.7. The molecule has 0 fully saturated rings. The van der Waals surface area contributed by atoms with E-state index < -0.39 is 0 Å². The van der Waals surface area contributed by atoms with E-state index in [2.05, 4.69) is 54.8 Å². The molecule has 0 saturated carbocycles. The van der Waals surface area contributed by atoms with E-state index >= 15 is 0 Å². The first-order valence-electron chi connectivity index (χ1n) is 11.2. The Labute approximate surface area is 190 Å². The summed E-state index contributed by atoms with van der Waals surface area (Å²) in [6, 6.07) is 6.03. The van der Waals surface area contributed by atoms with Crippen LogP contribution in [0.5, 0.6) is 5.75 Å². The normalized spacial score (nSPS) is 11.7. The Morgan fingerprint density at radius 2 is 1.77 bits per heavy atom. The first kappa shape index (κ1) is 24.6. The highest BCUT2D eigenvalue weighted by Gasteiger charge is 2.18. The molecule has 0 N–H and O–H groups in total. The van der Waals surface area contributed by atoms with Crippen LogP contribution in [0.1, 0.15) is 93.5 Å². The van der Waals surface area contributed by atoms with Gasteiger partial charge in [-0.25, -0.2) is 4.68 Å². The summed E-state index contributed by atoms with van der Waals surface area (Å²) in [5.41, 5.74) is 4.37. The highest BCUT2D eigenvalue weighted by atomic mass is 79.9. The number of halogens is 1. The van der Waals surface area contributed by atoms with Crippen molar-refractivity contribution in [2.75, 3.05) is 6.61 Å². The van der Waals surface area contributed by atoms with Crippen molar-refractivity contribution in [3.05, 3.63) is 45.2 Å². The number of aryl methyl sites for hydroxylation is 1. The lowest BCUT2D eigenvalue weighted by Gasteiger charge is -2.20. The van der Waals surface area contributed by atoms with Gasteiger partial charge in [-0.1, -0.05) is 65.9 Å². The van der Waals surface area contributed by atoms with E-state index in [1.54, 1.807) is 0 Å². The number of carbonyl (C=O) groups excluding carboxylic acids is 1. The van der Waals surface area contributed by atoms with Gasteiger partial charge in [-0.15, -0.1) is 0 Å². The predicted octanol–water partition coefficient (Wildman–Crippen LogP) is 7.18. The molecule has 0 aliphatic heterocycles. The minimum atomic E-state index is -0.142. The second-order valence-corrected chi connectivity index (χ2v) is 10.0. The summed E-state index contributed by atoms with van der Waals surface area (Å²) < 4.78 is 8.18. The van der Waals surface area contributed by atoms with Crippen molar-refractivity contribution >= 4 is 21.8 Å². The maximum absolute atomic E-state index is 12.8. The fraction of sp³-hybridized carbons (Fsp3) is 0.600. The number of rotatable bonds is 10. The van der Waals surface area contributed by atoms with E-state index in [1.807, 2.05) is 26.0 Å². The standard InChI is InChI=1S/C25H37BrN2O2/c1-7-8-9-10-11-12-13-21-18(2)27-28(19(21)3)24(29)17-30-23-15-14-20(16-22(23)26)25(4,5)6/h14-16H,7-13,17H2,1-6H3. The van der Waals surface area contributed by atoms with Crippen molar-refractivity contribution in [3.8, 4) is 5.75 Å². The molecule has 4 nitrogen and oxygen atoms in total. The Morgan fingerprint density at radius 1 is 1.10 bits per heavy atom. The van der Waals surface area contributed by atoms with E-state index in [4.69, 9.17) is 4.74 Å². The van der Waals surface area contributed by atoms with Crippen molar-refractivity contribution in [2.24, 2.45) is 0 Å². The molecule has 0 aliphatic carbocycles. The van der Waals surface area contributed by atoms with Gasteiger partial charge in [0.2, 0.25) is 0 Å². The van der Waals surface area contributed by atoms with Crippen LogP contribution in [-0.4, -0.2) is 22.3 Å². The number of ether oxygens (including phenoxy) is 1. The van der Waals surface area contributed by atoms with Gasteiger partial charge < -0.3 is 4.74 Å². The molecule has 5 heteroatoms. The van der Waals surface area contributed by atoms with Crippen molar-refractivity contribution in [3.63, 3.8) is 0 Å². The number of carbonyl (C=O) groups is 1. The van der Waals surface area contributed by atoms with E-state index in [0.717, 1.165) is 28.7 Å². The average molecular weight is 477 g/mol. The lowest BCUT2D eigenvalue weighted by molar-refractivity contribution is 0.0817. The smallest absolute Gasteiger partial charge is 0.284 e. The zero-order valence-electron chi connectivity index (χ0n) is 19.5. The maximum atomic E-state index is 12.8. The van der Waals surface area contributed by atoms with Crippen LogP contribution in [0.4, 0.5) is 0 Å². The van der Waals surface area contributed by atoms with Crippen LogP contribution in [0.25, 0.3) is 0 Å². The third-order valence-electron chi connectivity index (χ3n) is 5.61. The molecule has 2 aromatic rings. The van der Waals surface area contributed by atoms with Crippen LogP contribution in [0.15, 0.2) is 22.7 Å². The molecule has 0 saturated heterocycles. The number of hydrogen-bond acceptors (Lipinski definition) is 3. The molecule has 1 heterocycles. The molecule has 0 spiro atoms. The van der Waals surface area contributed by atoms with Gasteiger partial charge in [0.25, 0.3) is 5.91 Å². The van der Waals surface area contributed by atoms with Crippen LogP contribution in [0.3, 0.4) is 0 Å². The molecule has 0 aliphatic rings. The minimum absolute atomic E-state index is 0.0358. The lowest BCUT2D eigenvalue weighted by atomic mass is 9.87. The van der Waals surface area contributed by atoms with Crippen LogP contribution in [0.2, 0.25) is 0 Å². The number of nitrogens with zero attached hydrogens (tertiary/aromatic N) is 2. The van der Waals surface area contributed by atoms with Crippen LogP contribution in [0, 0.1) is 13.8 Å². The predicted molar refractivity (Wildman–Crippen MR) is 128 cm³/mol. The van der Waals surface area contributed by atoms with E-state index in [-0.39, 0.29) is 17.9 Å². The number of aromatic nitrogens is 2. The van der Waals surface area contributed by atoms with Crippen LogP contribution >= 0.6 is 15.9 Å². The van der Waals surface area contributed by atoms with Gasteiger partial charge in [0.05, 0.1) is 10.2 Å². The van der Waals surface area contributed by atoms with Gasteiger partial charge >= 0.3 is 0 Å². The third-order valence-corrected chi connectivity index (χ3v) is 6.23. The molecule has 2 rings (SSSR count). The molecular weight excluding hydrogens is 440 g/mol. The first-order valence-corrected chi connectivity index (χ1v) is 12.0. The summed E-state index contributed by atoms with van der Waals surface area (Å²) in [7, 11) is 0. The summed E-state index contributed by atoms with van der Waals surface area (Å²) >= 11 is 3.57. The van der Waals surface area contributed by atoms with Crippen molar-refractivity contribution < 1.29 is 9.53 Å². The summed E-state index contributed by atoms with van der Waals surface area (Å²) in [6.07, 6.45) is 8.56. The van der Waals surface area contributed by atoms with Gasteiger partial charge in [0, 0.05) is 5.69 Å². The highest BCUT2D eigenvalue weighted by Crippen LogP contribution is 2.31. The number of benzene rings is 1. The molecule has 0 radical (unpaired) electrons. The molecule has 30 heavy (non-hydrogen) atoms. The Balaban J connectivity index is 1.96. The van der Waals surface area contributed by atoms with E-state index in [0.29, 0.717) is 5.75 Å². The third kappa shape index (κ3) is 6.69. The van der Waals surface area contributed by atoms with Gasteiger partial charge in [-0.2, -0.15) is 5.10 Å². The Hall–Kier alpha value is -1.62.